The molecule has 106 valence electrons. The van der Waals surface area contributed by atoms with Gasteiger partial charge in [-0.1, -0.05) is 31.2 Å². The molecule has 1 aromatic rings. The molecule has 0 radical (unpaired) electrons. The summed E-state index contributed by atoms with van der Waals surface area (Å²) in [4.78, 5) is 2.23. The maximum absolute atomic E-state index is 9.65. The van der Waals surface area contributed by atoms with Crippen molar-refractivity contribution in [3.05, 3.63) is 35.4 Å². The lowest BCUT2D eigenvalue weighted by Crippen LogP contribution is -2.48. The average Bonchev–Trinajstić information content (AvgIpc) is 2.36. The predicted octanol–water partition coefficient (Wildman–Crippen LogP) is 1.96. The molecule has 0 spiro atoms. The number of nitrogens with zero attached hydrogens (tertiary/aromatic N) is 1. The van der Waals surface area contributed by atoms with E-state index in [4.69, 9.17) is 0 Å². The molecule has 0 heterocycles. The Balaban J connectivity index is 2.08. The van der Waals surface area contributed by atoms with Gasteiger partial charge in [-0.15, -0.1) is 0 Å². The molecule has 1 aliphatic rings. The highest BCUT2D eigenvalue weighted by molar-refractivity contribution is 5.30. The molecular weight excluding hydrogens is 238 g/mol. The van der Waals surface area contributed by atoms with Crippen molar-refractivity contribution in [1.29, 1.82) is 0 Å². The normalized spacial score (nSPS) is 19.5. The fourth-order valence-electron chi connectivity index (χ4n) is 3.05. The molecule has 1 aliphatic carbocycles. The van der Waals surface area contributed by atoms with Gasteiger partial charge in [0.1, 0.15) is 0 Å². The third kappa shape index (κ3) is 4.03. The Hall–Kier alpha value is -0.900. The van der Waals surface area contributed by atoms with Crippen molar-refractivity contribution in [1.82, 2.24) is 4.90 Å². The van der Waals surface area contributed by atoms with Crippen LogP contribution in [0.5, 0.6) is 0 Å². The molecule has 3 heteroatoms. The summed E-state index contributed by atoms with van der Waals surface area (Å²) in [5.41, 5.74) is 2.86. The predicted molar refractivity (Wildman–Crippen MR) is 77.0 cm³/mol. The van der Waals surface area contributed by atoms with Gasteiger partial charge in [-0.05, 0) is 50.3 Å². The van der Waals surface area contributed by atoms with Crippen molar-refractivity contribution in [2.75, 3.05) is 13.1 Å². The second-order valence-corrected chi connectivity index (χ2v) is 5.85. The van der Waals surface area contributed by atoms with E-state index in [1.54, 1.807) is 0 Å². The Bertz CT molecular complexity index is 411. The Labute approximate surface area is 115 Å². The molecule has 2 rings (SSSR count). The van der Waals surface area contributed by atoms with Crippen molar-refractivity contribution in [2.24, 2.45) is 0 Å². The number of aryl methyl sites for hydroxylation is 1. The van der Waals surface area contributed by atoms with E-state index < -0.39 is 5.79 Å². The van der Waals surface area contributed by atoms with E-state index in [9.17, 15) is 10.2 Å². The van der Waals surface area contributed by atoms with Gasteiger partial charge in [-0.25, -0.2) is 0 Å². The fraction of sp³-hybridized carbons (Fsp3) is 0.625. The Kier molecular flexibility index (Phi) is 4.61. The lowest BCUT2D eigenvalue weighted by atomic mass is 9.87. The second kappa shape index (κ2) is 6.04. The van der Waals surface area contributed by atoms with Crippen molar-refractivity contribution < 1.29 is 10.2 Å². The molecule has 19 heavy (non-hydrogen) atoms. The van der Waals surface area contributed by atoms with E-state index in [-0.39, 0.29) is 0 Å². The van der Waals surface area contributed by atoms with Gasteiger partial charge in [0.05, 0.1) is 6.54 Å². The van der Waals surface area contributed by atoms with Crippen LogP contribution in [0.3, 0.4) is 0 Å². The molecule has 0 aromatic heterocycles. The van der Waals surface area contributed by atoms with Gasteiger partial charge in [-0.3, -0.25) is 4.90 Å². The molecule has 0 amide bonds. The third-order valence-corrected chi connectivity index (χ3v) is 3.85. The third-order valence-electron chi connectivity index (χ3n) is 3.85. The first-order chi connectivity index (χ1) is 8.99. The maximum Gasteiger partial charge on any atom is 0.172 e. The molecule has 0 aliphatic heterocycles. The number of hydrogen-bond acceptors (Lipinski definition) is 3. The molecular formula is C16H25NO2. The molecule has 1 atom stereocenters. The van der Waals surface area contributed by atoms with E-state index in [1.165, 1.54) is 18.1 Å². The molecule has 2 N–H and O–H groups in total. The summed E-state index contributed by atoms with van der Waals surface area (Å²) in [6.07, 6.45) is 4.25. The second-order valence-electron chi connectivity index (χ2n) is 5.85. The van der Waals surface area contributed by atoms with Crippen molar-refractivity contribution in [2.45, 2.75) is 51.4 Å². The van der Waals surface area contributed by atoms with Crippen LogP contribution in [0.25, 0.3) is 0 Å². The van der Waals surface area contributed by atoms with Crippen LogP contribution < -0.4 is 0 Å². The number of aliphatic hydroxyl groups is 2. The largest absolute Gasteiger partial charge is 0.365 e. The van der Waals surface area contributed by atoms with E-state index in [0.717, 1.165) is 32.2 Å². The number of benzene rings is 1. The molecule has 0 saturated heterocycles. The van der Waals surface area contributed by atoms with Crippen molar-refractivity contribution >= 4 is 0 Å². The van der Waals surface area contributed by atoms with Gasteiger partial charge in [-0.2, -0.15) is 0 Å². The van der Waals surface area contributed by atoms with Crippen LogP contribution in [-0.2, 0) is 12.8 Å². The molecule has 1 aromatic carbocycles. The van der Waals surface area contributed by atoms with Gasteiger partial charge in [0, 0.05) is 6.04 Å². The minimum Gasteiger partial charge on any atom is -0.365 e. The first kappa shape index (κ1) is 14.5. The zero-order chi connectivity index (χ0) is 13.9. The maximum atomic E-state index is 9.65. The smallest absolute Gasteiger partial charge is 0.172 e. The number of rotatable bonds is 5. The van der Waals surface area contributed by atoms with Gasteiger partial charge in [0.15, 0.2) is 5.79 Å². The van der Waals surface area contributed by atoms with E-state index in [1.807, 2.05) is 0 Å². The van der Waals surface area contributed by atoms with Crippen LogP contribution in [-0.4, -0.2) is 40.0 Å². The average molecular weight is 263 g/mol. The van der Waals surface area contributed by atoms with Gasteiger partial charge in [0.2, 0.25) is 0 Å². The number of fused-ring (bicyclic) bond motifs is 1. The minimum absolute atomic E-state index is 0.327. The molecule has 3 nitrogen and oxygen atoms in total. The highest BCUT2D eigenvalue weighted by Crippen LogP contribution is 2.25. The van der Waals surface area contributed by atoms with E-state index in [0.29, 0.717) is 12.6 Å². The zero-order valence-corrected chi connectivity index (χ0v) is 12.0. The molecule has 0 saturated carbocycles. The number of hydrogen-bond donors (Lipinski definition) is 2. The standard InChI is InChI=1S/C16H25NO2/c1-3-10-17(12-16(2,18)19)15-9-8-13-6-4-5-7-14(13)11-15/h4-7,15,18-19H,3,8-12H2,1-2H3. The van der Waals surface area contributed by atoms with E-state index >= 15 is 0 Å². The summed E-state index contributed by atoms with van der Waals surface area (Å²) in [5, 5.41) is 19.3. The highest BCUT2D eigenvalue weighted by atomic mass is 16.5. The SMILES string of the molecule is CCCN(CC(C)(O)O)C1CCc2ccccc2C1. The Morgan fingerprint density at radius 1 is 1.26 bits per heavy atom. The van der Waals surface area contributed by atoms with Crippen LogP contribution in [0.15, 0.2) is 24.3 Å². The van der Waals surface area contributed by atoms with Crippen molar-refractivity contribution in [3.63, 3.8) is 0 Å². The summed E-state index contributed by atoms with van der Waals surface area (Å²) in [5.74, 6) is -1.61. The van der Waals surface area contributed by atoms with Crippen LogP contribution in [0.2, 0.25) is 0 Å². The summed E-state index contributed by atoms with van der Waals surface area (Å²) in [6, 6.07) is 9.02. The summed E-state index contributed by atoms with van der Waals surface area (Å²) in [7, 11) is 0. The van der Waals surface area contributed by atoms with Gasteiger partial charge >= 0.3 is 0 Å². The molecule has 1 unspecified atom stereocenters. The minimum atomic E-state index is -1.61. The van der Waals surface area contributed by atoms with Crippen LogP contribution >= 0.6 is 0 Å². The topological polar surface area (TPSA) is 43.7 Å². The van der Waals surface area contributed by atoms with Crippen molar-refractivity contribution in [3.8, 4) is 0 Å². The summed E-state index contributed by atoms with van der Waals surface area (Å²) < 4.78 is 0. The zero-order valence-electron chi connectivity index (χ0n) is 12.0. The molecule has 0 bridgehead atoms. The quantitative estimate of drug-likeness (QED) is 0.798. The lowest BCUT2D eigenvalue weighted by molar-refractivity contribution is -0.163. The van der Waals surface area contributed by atoms with Crippen LogP contribution in [0.4, 0.5) is 0 Å². The Morgan fingerprint density at radius 3 is 2.58 bits per heavy atom. The highest BCUT2D eigenvalue weighted by Gasteiger charge is 2.28. The lowest BCUT2D eigenvalue weighted by Gasteiger charge is -2.37. The van der Waals surface area contributed by atoms with Crippen LogP contribution in [0, 0.1) is 0 Å². The first-order valence-corrected chi connectivity index (χ1v) is 7.25. The van der Waals surface area contributed by atoms with Gasteiger partial charge in [0.25, 0.3) is 0 Å². The van der Waals surface area contributed by atoms with E-state index in [2.05, 4.69) is 36.1 Å². The first-order valence-electron chi connectivity index (χ1n) is 7.25. The van der Waals surface area contributed by atoms with Gasteiger partial charge < -0.3 is 10.2 Å². The van der Waals surface area contributed by atoms with Crippen LogP contribution in [0.1, 0.15) is 37.8 Å². The fourth-order valence-corrected chi connectivity index (χ4v) is 3.05. The monoisotopic (exact) mass is 263 g/mol. The molecule has 0 fully saturated rings. The summed E-state index contributed by atoms with van der Waals surface area (Å²) >= 11 is 0. The Morgan fingerprint density at radius 2 is 1.95 bits per heavy atom. The summed E-state index contributed by atoms with van der Waals surface area (Å²) in [6.45, 7) is 4.85.